The van der Waals surface area contributed by atoms with Crippen LogP contribution in [0.4, 0.5) is 0 Å². The predicted octanol–water partition coefficient (Wildman–Crippen LogP) is 4.03. The second kappa shape index (κ2) is 9.85. The Morgan fingerprint density at radius 1 is 0.759 bits per heavy atom. The molecule has 0 aromatic heterocycles. The second-order valence-electron chi connectivity index (χ2n) is 8.28. The molecular formula is C26H31OPSi. The Balaban J connectivity index is 1.46. The highest BCUT2D eigenvalue weighted by Gasteiger charge is 2.26. The summed E-state index contributed by atoms with van der Waals surface area (Å²) < 4.78 is 6.12. The molecule has 1 aliphatic rings. The van der Waals surface area contributed by atoms with E-state index in [0.29, 0.717) is 0 Å². The molecule has 0 N–H and O–H groups in total. The van der Waals surface area contributed by atoms with E-state index in [-0.39, 0.29) is 5.22 Å². The summed E-state index contributed by atoms with van der Waals surface area (Å²) in [6, 6.07) is 31.3. The van der Waals surface area contributed by atoms with E-state index in [1.165, 1.54) is 53.6 Å². The van der Waals surface area contributed by atoms with Crippen molar-refractivity contribution in [3.63, 3.8) is 0 Å². The number of aryl methyl sites for hydroxylation is 1. The monoisotopic (exact) mass is 418 g/mol. The van der Waals surface area contributed by atoms with E-state index in [1.807, 2.05) is 0 Å². The fourth-order valence-electron chi connectivity index (χ4n) is 4.27. The molecule has 1 nitrogen and oxygen atoms in total. The van der Waals surface area contributed by atoms with Gasteiger partial charge in [0.15, 0.2) is 0 Å². The summed E-state index contributed by atoms with van der Waals surface area (Å²) in [5.41, 5.74) is 1.45. The van der Waals surface area contributed by atoms with Crippen LogP contribution in [0.3, 0.4) is 0 Å². The van der Waals surface area contributed by atoms with Crippen molar-refractivity contribution in [1.82, 2.24) is 0 Å². The van der Waals surface area contributed by atoms with Gasteiger partial charge < -0.3 is 4.74 Å². The predicted molar refractivity (Wildman–Crippen MR) is 131 cm³/mol. The van der Waals surface area contributed by atoms with Crippen LogP contribution in [0.1, 0.15) is 37.7 Å². The molecule has 150 valence electrons. The molecule has 3 heteroatoms. The molecule has 1 heterocycles. The molecule has 0 radical (unpaired) electrons. The van der Waals surface area contributed by atoms with E-state index in [4.69, 9.17) is 4.74 Å². The zero-order valence-corrected chi connectivity index (χ0v) is 20.3. The maximum Gasteiger partial charge on any atom is 0.0486 e. The number of rotatable bonds is 7. The molecule has 1 atom stereocenters. The van der Waals surface area contributed by atoms with Crippen LogP contribution in [0.5, 0.6) is 0 Å². The summed E-state index contributed by atoms with van der Waals surface area (Å²) in [7, 11) is 0.650. The lowest BCUT2D eigenvalue weighted by Crippen LogP contribution is -2.36. The quantitative estimate of drug-likeness (QED) is 0.416. The number of hydrogen-bond donors (Lipinski definition) is 0. The largest absolute Gasteiger partial charge is 0.380 e. The normalized spacial score (nSPS) is 19.5. The lowest BCUT2D eigenvalue weighted by Gasteiger charge is -2.34. The van der Waals surface area contributed by atoms with Crippen LogP contribution in [0.2, 0.25) is 0 Å². The molecule has 0 bridgehead atoms. The van der Waals surface area contributed by atoms with E-state index in [0.717, 1.165) is 23.3 Å². The smallest absolute Gasteiger partial charge is 0.0486 e. The number of benzene rings is 3. The SMILES string of the molecule is [SiH3]C1(CCCc2ccc(P(c3ccccc3)c3ccccc3)cc2)CCCCO1. The summed E-state index contributed by atoms with van der Waals surface area (Å²) in [4.78, 5) is 0. The Kier molecular flexibility index (Phi) is 6.97. The Morgan fingerprint density at radius 3 is 1.90 bits per heavy atom. The third kappa shape index (κ3) is 5.45. The van der Waals surface area contributed by atoms with Gasteiger partial charge in [0.2, 0.25) is 0 Å². The zero-order valence-electron chi connectivity index (χ0n) is 17.4. The Morgan fingerprint density at radius 2 is 1.34 bits per heavy atom. The summed E-state index contributed by atoms with van der Waals surface area (Å²) in [5, 5.41) is 4.49. The van der Waals surface area contributed by atoms with Gasteiger partial charge in [0, 0.05) is 22.1 Å². The highest BCUT2D eigenvalue weighted by molar-refractivity contribution is 7.79. The average molecular weight is 419 g/mol. The first-order chi connectivity index (χ1) is 14.2. The lowest BCUT2D eigenvalue weighted by molar-refractivity contribution is -0.0235. The standard InChI is InChI=1S/C26H31OPSi/c29-26(19-7-8-21-27-26)20-9-10-22-15-17-25(18-16-22)28(23-11-3-1-4-12-23)24-13-5-2-6-14-24/h1-6,11-18H,7-10,19-21H2,29H3. The van der Waals surface area contributed by atoms with Crippen LogP contribution in [0.15, 0.2) is 84.9 Å². The van der Waals surface area contributed by atoms with Crippen LogP contribution in [-0.2, 0) is 11.2 Å². The molecule has 29 heavy (non-hydrogen) atoms. The van der Waals surface area contributed by atoms with E-state index >= 15 is 0 Å². The fourth-order valence-corrected chi connectivity index (χ4v) is 7.46. The van der Waals surface area contributed by atoms with Crippen molar-refractivity contribution in [2.24, 2.45) is 0 Å². The first kappa shape index (κ1) is 20.5. The molecular weight excluding hydrogens is 387 g/mol. The molecule has 1 saturated heterocycles. The molecule has 0 aliphatic carbocycles. The summed E-state index contributed by atoms with van der Waals surface area (Å²) in [6.07, 6.45) is 7.48. The highest BCUT2D eigenvalue weighted by Crippen LogP contribution is 2.33. The van der Waals surface area contributed by atoms with E-state index in [2.05, 4.69) is 84.9 Å². The average Bonchev–Trinajstić information content (AvgIpc) is 2.77. The highest BCUT2D eigenvalue weighted by atomic mass is 31.1. The first-order valence-corrected chi connectivity index (χ1v) is 13.2. The molecule has 3 aromatic rings. The minimum absolute atomic E-state index is 0.243. The summed E-state index contributed by atoms with van der Waals surface area (Å²) in [5.74, 6) is 0. The van der Waals surface area contributed by atoms with Crippen molar-refractivity contribution in [1.29, 1.82) is 0 Å². The molecule has 1 fully saturated rings. The molecule has 0 spiro atoms. The molecule has 0 saturated carbocycles. The summed E-state index contributed by atoms with van der Waals surface area (Å²) >= 11 is 0. The molecule has 1 aliphatic heterocycles. The fraction of sp³-hybridized carbons (Fsp3) is 0.308. The van der Waals surface area contributed by atoms with E-state index in [1.54, 1.807) is 0 Å². The van der Waals surface area contributed by atoms with Gasteiger partial charge in [-0.3, -0.25) is 0 Å². The zero-order chi connectivity index (χ0) is 19.9. The summed E-state index contributed by atoms with van der Waals surface area (Å²) in [6.45, 7) is 0.973. The van der Waals surface area contributed by atoms with Crippen LogP contribution < -0.4 is 15.9 Å². The minimum atomic E-state index is -0.504. The molecule has 3 aromatic carbocycles. The molecule has 4 rings (SSSR count). The van der Waals surface area contributed by atoms with Crippen LogP contribution in [-0.4, -0.2) is 22.1 Å². The number of ether oxygens (including phenoxy) is 1. The van der Waals surface area contributed by atoms with Gasteiger partial charge in [0.1, 0.15) is 0 Å². The number of hydrogen-bond acceptors (Lipinski definition) is 1. The Hall–Kier alpha value is -1.73. The van der Waals surface area contributed by atoms with Crippen molar-refractivity contribution in [2.75, 3.05) is 6.61 Å². The minimum Gasteiger partial charge on any atom is -0.380 e. The topological polar surface area (TPSA) is 9.23 Å². The van der Waals surface area contributed by atoms with Gasteiger partial charge in [-0.15, -0.1) is 0 Å². The van der Waals surface area contributed by atoms with Gasteiger partial charge in [0.25, 0.3) is 0 Å². The van der Waals surface area contributed by atoms with Gasteiger partial charge in [-0.1, -0.05) is 84.9 Å². The van der Waals surface area contributed by atoms with Gasteiger partial charge in [-0.05, 0) is 67.9 Å². The lowest BCUT2D eigenvalue weighted by atomic mass is 10.0. The van der Waals surface area contributed by atoms with Crippen molar-refractivity contribution in [3.05, 3.63) is 90.5 Å². The van der Waals surface area contributed by atoms with E-state index < -0.39 is 7.92 Å². The molecule has 1 unspecified atom stereocenters. The second-order valence-corrected chi connectivity index (χ2v) is 12.3. The van der Waals surface area contributed by atoms with Crippen LogP contribution >= 0.6 is 7.92 Å². The maximum absolute atomic E-state index is 6.12. The van der Waals surface area contributed by atoms with Gasteiger partial charge in [-0.25, -0.2) is 0 Å². The van der Waals surface area contributed by atoms with Gasteiger partial charge >= 0.3 is 0 Å². The van der Waals surface area contributed by atoms with Crippen molar-refractivity contribution in [2.45, 2.75) is 43.7 Å². The Labute approximate surface area is 179 Å². The van der Waals surface area contributed by atoms with Crippen molar-refractivity contribution >= 4 is 34.1 Å². The van der Waals surface area contributed by atoms with Crippen LogP contribution in [0.25, 0.3) is 0 Å². The molecule has 0 amide bonds. The van der Waals surface area contributed by atoms with Crippen molar-refractivity contribution in [3.8, 4) is 0 Å². The Bertz CT molecular complexity index is 834. The first-order valence-electron chi connectivity index (χ1n) is 10.9. The van der Waals surface area contributed by atoms with Gasteiger partial charge in [-0.2, -0.15) is 0 Å². The maximum atomic E-state index is 6.12. The van der Waals surface area contributed by atoms with Crippen LogP contribution in [0, 0.1) is 0 Å². The van der Waals surface area contributed by atoms with Crippen molar-refractivity contribution < 1.29 is 4.74 Å². The van der Waals surface area contributed by atoms with E-state index in [9.17, 15) is 0 Å². The third-order valence-corrected chi connectivity index (χ3v) is 9.68. The van der Waals surface area contributed by atoms with Gasteiger partial charge in [0.05, 0.1) is 0 Å². The third-order valence-electron chi connectivity index (χ3n) is 5.94.